The third kappa shape index (κ3) is 4.72. The highest BCUT2D eigenvalue weighted by Crippen LogP contribution is 2.28. The van der Waals surface area contributed by atoms with Crippen molar-refractivity contribution in [2.75, 3.05) is 18.4 Å². The summed E-state index contributed by atoms with van der Waals surface area (Å²) < 4.78 is 13.2. The van der Waals surface area contributed by atoms with Gasteiger partial charge in [0.25, 0.3) is 0 Å². The third-order valence-electron chi connectivity index (χ3n) is 4.49. The van der Waals surface area contributed by atoms with Crippen molar-refractivity contribution in [3.05, 3.63) is 63.9 Å². The Balaban J connectivity index is 1.54. The highest BCUT2D eigenvalue weighted by molar-refractivity contribution is 6.35. The Morgan fingerprint density at radius 3 is 2.40 bits per heavy atom. The maximum atomic E-state index is 13.2. The van der Waals surface area contributed by atoms with Crippen LogP contribution in [-0.4, -0.2) is 23.9 Å². The fraction of sp³-hybridized carbons (Fsp3) is 0.316. The van der Waals surface area contributed by atoms with Crippen LogP contribution < -0.4 is 5.32 Å². The van der Waals surface area contributed by atoms with Gasteiger partial charge in [-0.3, -0.25) is 9.69 Å². The number of carbonyl (C=O) groups is 1. The molecule has 1 aliphatic rings. The summed E-state index contributed by atoms with van der Waals surface area (Å²) in [5.41, 5.74) is 1.42. The first kappa shape index (κ1) is 18.2. The molecule has 0 radical (unpaired) electrons. The minimum Gasteiger partial charge on any atom is -0.326 e. The molecule has 0 aliphatic carbocycles. The lowest BCUT2D eigenvalue weighted by atomic mass is 9.95. The molecule has 132 valence electrons. The number of piperidine rings is 1. The quantitative estimate of drug-likeness (QED) is 0.810. The van der Waals surface area contributed by atoms with Crippen LogP contribution in [0, 0.1) is 11.7 Å². The first-order chi connectivity index (χ1) is 12.0. The van der Waals surface area contributed by atoms with Gasteiger partial charge in [0.2, 0.25) is 5.91 Å². The van der Waals surface area contributed by atoms with Gasteiger partial charge in [-0.15, -0.1) is 0 Å². The van der Waals surface area contributed by atoms with E-state index in [4.69, 9.17) is 23.2 Å². The molecule has 25 heavy (non-hydrogen) atoms. The van der Waals surface area contributed by atoms with Crippen LogP contribution >= 0.6 is 23.2 Å². The van der Waals surface area contributed by atoms with Crippen LogP contribution in [0.2, 0.25) is 10.0 Å². The first-order valence-electron chi connectivity index (χ1n) is 8.24. The summed E-state index contributed by atoms with van der Waals surface area (Å²) in [4.78, 5) is 14.6. The second-order valence-electron chi connectivity index (χ2n) is 6.25. The smallest absolute Gasteiger partial charge is 0.227 e. The topological polar surface area (TPSA) is 32.3 Å². The number of hydrogen-bond donors (Lipinski definition) is 1. The molecule has 3 nitrogen and oxygen atoms in total. The van der Waals surface area contributed by atoms with Crippen molar-refractivity contribution >= 4 is 34.8 Å². The lowest BCUT2D eigenvalue weighted by Crippen LogP contribution is -2.37. The van der Waals surface area contributed by atoms with Gasteiger partial charge in [-0.05, 0) is 56.3 Å². The Hall–Kier alpha value is -1.62. The molecule has 1 amide bonds. The van der Waals surface area contributed by atoms with Crippen molar-refractivity contribution < 1.29 is 9.18 Å². The average molecular weight is 381 g/mol. The highest BCUT2D eigenvalue weighted by Gasteiger charge is 2.25. The highest BCUT2D eigenvalue weighted by atomic mass is 35.5. The molecule has 1 heterocycles. The second kappa shape index (κ2) is 8.17. The van der Waals surface area contributed by atoms with Crippen LogP contribution in [0.15, 0.2) is 42.5 Å². The number of anilines is 1. The van der Waals surface area contributed by atoms with E-state index < -0.39 is 0 Å². The summed E-state index contributed by atoms with van der Waals surface area (Å²) in [6.07, 6.45) is 1.51. The van der Waals surface area contributed by atoms with Crippen molar-refractivity contribution in [2.45, 2.75) is 19.4 Å². The minimum atomic E-state index is -0.357. The molecule has 0 saturated carbocycles. The minimum absolute atomic E-state index is 0.0546. The van der Waals surface area contributed by atoms with Crippen LogP contribution in [0.1, 0.15) is 18.4 Å². The van der Waals surface area contributed by atoms with Gasteiger partial charge in [0, 0.05) is 33.8 Å². The number of nitrogens with one attached hydrogen (secondary N) is 1. The molecule has 6 heteroatoms. The predicted octanol–water partition coefficient (Wildman–Crippen LogP) is 4.98. The normalized spacial score (nSPS) is 16.0. The van der Waals surface area contributed by atoms with Crippen LogP contribution in [0.5, 0.6) is 0 Å². The predicted molar refractivity (Wildman–Crippen MR) is 99.5 cm³/mol. The fourth-order valence-electron chi connectivity index (χ4n) is 3.07. The van der Waals surface area contributed by atoms with E-state index >= 15 is 0 Å². The largest absolute Gasteiger partial charge is 0.326 e. The fourth-order valence-corrected chi connectivity index (χ4v) is 3.59. The zero-order valence-electron chi connectivity index (χ0n) is 13.6. The number of carbonyl (C=O) groups excluding carboxylic acids is 1. The van der Waals surface area contributed by atoms with Crippen molar-refractivity contribution in [3.63, 3.8) is 0 Å². The van der Waals surface area contributed by atoms with Gasteiger partial charge in [-0.1, -0.05) is 35.3 Å². The molecule has 1 N–H and O–H groups in total. The van der Waals surface area contributed by atoms with Crippen molar-refractivity contribution in [1.82, 2.24) is 4.90 Å². The number of nitrogens with zero attached hydrogens (tertiary/aromatic N) is 1. The summed E-state index contributed by atoms with van der Waals surface area (Å²) in [7, 11) is 0. The lowest BCUT2D eigenvalue weighted by molar-refractivity contribution is -0.121. The molecule has 3 rings (SSSR count). The van der Waals surface area contributed by atoms with E-state index in [-0.39, 0.29) is 17.6 Å². The number of halogens is 3. The summed E-state index contributed by atoms with van der Waals surface area (Å²) >= 11 is 12.5. The molecule has 0 spiro atoms. The molecule has 1 fully saturated rings. The van der Waals surface area contributed by atoms with Gasteiger partial charge in [-0.2, -0.15) is 0 Å². The Kier molecular flexibility index (Phi) is 5.94. The Morgan fingerprint density at radius 1 is 1.12 bits per heavy atom. The molecule has 1 saturated heterocycles. The van der Waals surface area contributed by atoms with Crippen molar-refractivity contribution in [3.8, 4) is 0 Å². The Labute approximate surface area is 156 Å². The molecule has 1 aliphatic heterocycles. The zero-order chi connectivity index (χ0) is 17.8. The zero-order valence-corrected chi connectivity index (χ0v) is 15.2. The SMILES string of the molecule is O=C(Nc1cccc(F)c1)C1CCN(Cc2c(Cl)cccc2Cl)CC1. The second-order valence-corrected chi connectivity index (χ2v) is 7.06. The Morgan fingerprint density at radius 2 is 1.76 bits per heavy atom. The molecule has 0 bridgehead atoms. The number of benzene rings is 2. The summed E-state index contributed by atoms with van der Waals surface area (Å²) in [6.45, 7) is 2.27. The van der Waals surface area contributed by atoms with Crippen LogP contribution in [0.25, 0.3) is 0 Å². The van der Waals surface area contributed by atoms with Gasteiger partial charge in [-0.25, -0.2) is 4.39 Å². The van der Waals surface area contributed by atoms with Crippen LogP contribution in [0.3, 0.4) is 0 Å². The monoisotopic (exact) mass is 380 g/mol. The van der Waals surface area contributed by atoms with E-state index in [1.807, 2.05) is 18.2 Å². The maximum absolute atomic E-state index is 13.2. The molecule has 0 unspecified atom stereocenters. The molecule has 0 atom stereocenters. The summed E-state index contributed by atoms with van der Waals surface area (Å²) in [5, 5.41) is 4.13. The van der Waals surface area contributed by atoms with Crippen molar-refractivity contribution in [2.24, 2.45) is 5.92 Å². The van der Waals surface area contributed by atoms with E-state index in [0.29, 0.717) is 22.3 Å². The van der Waals surface area contributed by atoms with E-state index in [2.05, 4.69) is 10.2 Å². The standard InChI is InChI=1S/C19H19Cl2FN2O/c20-17-5-2-6-18(21)16(17)12-24-9-7-13(8-10-24)19(25)23-15-4-1-3-14(22)11-15/h1-6,11,13H,7-10,12H2,(H,23,25). The molecular weight excluding hydrogens is 362 g/mol. The van der Waals surface area contributed by atoms with Gasteiger partial charge in [0.05, 0.1) is 0 Å². The van der Waals surface area contributed by atoms with Crippen molar-refractivity contribution in [1.29, 1.82) is 0 Å². The molecule has 2 aromatic carbocycles. The maximum Gasteiger partial charge on any atom is 0.227 e. The lowest BCUT2D eigenvalue weighted by Gasteiger charge is -2.31. The average Bonchev–Trinajstić information content (AvgIpc) is 2.59. The van der Waals surface area contributed by atoms with Gasteiger partial charge >= 0.3 is 0 Å². The van der Waals surface area contributed by atoms with Crippen LogP contribution in [-0.2, 0) is 11.3 Å². The number of likely N-dealkylation sites (tertiary alicyclic amines) is 1. The van der Waals surface area contributed by atoms with Crippen LogP contribution in [0.4, 0.5) is 10.1 Å². The summed E-state index contributed by atoms with van der Waals surface area (Å²) in [6, 6.07) is 11.5. The number of amides is 1. The third-order valence-corrected chi connectivity index (χ3v) is 5.20. The molecule has 2 aromatic rings. The number of hydrogen-bond acceptors (Lipinski definition) is 2. The molecular formula is C19H19Cl2FN2O. The van der Waals surface area contributed by atoms with E-state index in [0.717, 1.165) is 31.5 Å². The number of rotatable bonds is 4. The van der Waals surface area contributed by atoms with E-state index in [1.54, 1.807) is 12.1 Å². The van der Waals surface area contributed by atoms with Gasteiger partial charge in [0.1, 0.15) is 5.82 Å². The first-order valence-corrected chi connectivity index (χ1v) is 9.00. The Bertz CT molecular complexity index is 741. The van der Waals surface area contributed by atoms with E-state index in [1.165, 1.54) is 12.1 Å². The van der Waals surface area contributed by atoms with E-state index in [9.17, 15) is 9.18 Å². The molecule has 0 aromatic heterocycles. The summed E-state index contributed by atoms with van der Waals surface area (Å²) in [5.74, 6) is -0.480. The van der Waals surface area contributed by atoms with Gasteiger partial charge < -0.3 is 5.32 Å². The van der Waals surface area contributed by atoms with Gasteiger partial charge in [0.15, 0.2) is 0 Å².